The van der Waals surface area contributed by atoms with Crippen LogP contribution in [0.3, 0.4) is 0 Å². The van der Waals surface area contributed by atoms with E-state index in [0.717, 1.165) is 0 Å². The third-order valence-corrected chi connectivity index (χ3v) is 5.93. The van der Waals surface area contributed by atoms with Gasteiger partial charge >= 0.3 is 0 Å². The minimum absolute atomic E-state index is 0.110. The highest BCUT2D eigenvalue weighted by atomic mass is 32.2. The van der Waals surface area contributed by atoms with E-state index in [9.17, 15) is 8.42 Å². The molecule has 0 bridgehead atoms. The number of thioether (sulfide) groups is 1. The second kappa shape index (κ2) is 6.08. The molecule has 4 nitrogen and oxygen atoms in total. The summed E-state index contributed by atoms with van der Waals surface area (Å²) in [5, 5.41) is 17.6. The molecule has 92 valence electrons. The predicted octanol–water partition coefficient (Wildman–Crippen LogP) is 0.286. The van der Waals surface area contributed by atoms with E-state index in [2.05, 4.69) is 0 Å². The molecule has 0 saturated heterocycles. The molecule has 2 N–H and O–H groups in total. The summed E-state index contributed by atoms with van der Waals surface area (Å²) in [6, 6.07) is 0. The van der Waals surface area contributed by atoms with Gasteiger partial charge in [0.15, 0.2) is 9.84 Å². The summed E-state index contributed by atoms with van der Waals surface area (Å²) in [4.78, 5) is 0. The van der Waals surface area contributed by atoms with Crippen LogP contribution in [-0.4, -0.2) is 53.3 Å². The zero-order chi connectivity index (χ0) is 12.1. The van der Waals surface area contributed by atoms with E-state index >= 15 is 0 Å². The highest BCUT2D eigenvalue weighted by molar-refractivity contribution is 8.00. The van der Waals surface area contributed by atoms with Crippen LogP contribution in [0.2, 0.25) is 0 Å². The van der Waals surface area contributed by atoms with Crippen LogP contribution >= 0.6 is 11.8 Å². The van der Waals surface area contributed by atoms with Gasteiger partial charge in [-0.1, -0.05) is 0 Å². The van der Waals surface area contributed by atoms with Gasteiger partial charge in [0.05, 0.1) is 23.2 Å². The number of sulfone groups is 1. The molecule has 0 aromatic rings. The first-order valence-corrected chi connectivity index (χ1v) is 7.60. The average Bonchev–Trinajstić information content (AvgIpc) is 2.10. The lowest BCUT2D eigenvalue weighted by atomic mass is 10.3. The Hall–Kier alpha value is 0.220. The van der Waals surface area contributed by atoms with E-state index in [0.29, 0.717) is 11.5 Å². The maximum Gasteiger partial charge on any atom is 0.155 e. The Morgan fingerprint density at radius 1 is 1.33 bits per heavy atom. The standard InChI is InChI=1S/C9H20O4S2/c1-9(2,3)15(12,13)5-4-14-7-8(11)6-10/h8,10-11H,4-7H2,1-3H3. The molecule has 0 aliphatic rings. The molecule has 0 amide bonds. The number of hydrogen-bond donors (Lipinski definition) is 2. The van der Waals surface area contributed by atoms with Crippen molar-refractivity contribution in [2.24, 2.45) is 0 Å². The Kier molecular flexibility index (Phi) is 6.17. The molecule has 6 heteroatoms. The van der Waals surface area contributed by atoms with E-state index in [1.54, 1.807) is 20.8 Å². The highest BCUT2D eigenvalue weighted by Crippen LogP contribution is 2.17. The van der Waals surface area contributed by atoms with E-state index in [4.69, 9.17) is 10.2 Å². The van der Waals surface area contributed by atoms with Crippen molar-refractivity contribution in [2.45, 2.75) is 31.6 Å². The minimum atomic E-state index is -3.07. The van der Waals surface area contributed by atoms with Crippen molar-refractivity contribution in [3.8, 4) is 0 Å². The van der Waals surface area contributed by atoms with Gasteiger partial charge in [-0.2, -0.15) is 11.8 Å². The summed E-state index contributed by atoms with van der Waals surface area (Å²) in [6.07, 6.45) is -0.757. The molecular formula is C9H20O4S2. The summed E-state index contributed by atoms with van der Waals surface area (Å²) in [7, 11) is -3.07. The molecule has 15 heavy (non-hydrogen) atoms. The van der Waals surface area contributed by atoms with Crippen molar-refractivity contribution < 1.29 is 18.6 Å². The third-order valence-electron chi connectivity index (χ3n) is 1.95. The van der Waals surface area contributed by atoms with Crippen LogP contribution in [0.25, 0.3) is 0 Å². The molecule has 0 spiro atoms. The van der Waals surface area contributed by atoms with Gasteiger partial charge in [-0.15, -0.1) is 0 Å². The molecule has 0 aliphatic carbocycles. The Morgan fingerprint density at radius 3 is 2.27 bits per heavy atom. The van der Waals surface area contributed by atoms with Gasteiger partial charge < -0.3 is 10.2 Å². The zero-order valence-electron chi connectivity index (χ0n) is 9.43. The topological polar surface area (TPSA) is 74.6 Å². The molecule has 0 radical (unpaired) electrons. The van der Waals surface area contributed by atoms with Crippen LogP contribution in [0.1, 0.15) is 20.8 Å². The van der Waals surface area contributed by atoms with Crippen LogP contribution in [0.5, 0.6) is 0 Å². The van der Waals surface area contributed by atoms with Crippen LogP contribution in [0.15, 0.2) is 0 Å². The van der Waals surface area contributed by atoms with Crippen molar-refractivity contribution >= 4 is 21.6 Å². The fourth-order valence-electron chi connectivity index (χ4n) is 0.747. The fourth-order valence-corrected chi connectivity index (χ4v) is 3.25. The molecule has 1 unspecified atom stereocenters. The summed E-state index contributed by atoms with van der Waals surface area (Å²) in [5.74, 6) is 0.937. The molecule has 1 atom stereocenters. The number of rotatable bonds is 6. The smallest absolute Gasteiger partial charge is 0.155 e. The van der Waals surface area contributed by atoms with Gasteiger partial charge in [-0.05, 0) is 20.8 Å². The number of hydrogen-bond acceptors (Lipinski definition) is 5. The van der Waals surface area contributed by atoms with Gasteiger partial charge in [-0.3, -0.25) is 0 Å². The van der Waals surface area contributed by atoms with E-state index < -0.39 is 20.7 Å². The van der Waals surface area contributed by atoms with E-state index in [1.165, 1.54) is 11.8 Å². The lowest BCUT2D eigenvalue weighted by Gasteiger charge is -2.18. The van der Waals surface area contributed by atoms with Crippen molar-refractivity contribution in [3.63, 3.8) is 0 Å². The molecule has 0 aromatic carbocycles. The first kappa shape index (κ1) is 15.2. The van der Waals surface area contributed by atoms with Gasteiger partial charge in [0.1, 0.15) is 0 Å². The number of aliphatic hydroxyl groups is 2. The normalized spacial score (nSPS) is 15.3. The molecule has 0 aliphatic heterocycles. The van der Waals surface area contributed by atoms with Crippen LogP contribution in [-0.2, 0) is 9.84 Å². The molecular weight excluding hydrogens is 236 g/mol. The second-order valence-corrected chi connectivity index (χ2v) is 8.35. The quantitative estimate of drug-likeness (QED) is 0.668. The van der Waals surface area contributed by atoms with Crippen LogP contribution in [0, 0.1) is 0 Å². The minimum Gasteiger partial charge on any atom is -0.394 e. The Balaban J connectivity index is 3.88. The van der Waals surface area contributed by atoms with Crippen LogP contribution in [0.4, 0.5) is 0 Å². The maximum atomic E-state index is 11.6. The SMILES string of the molecule is CC(C)(C)S(=O)(=O)CCSCC(O)CO. The van der Waals surface area contributed by atoms with E-state index in [-0.39, 0.29) is 12.4 Å². The third kappa shape index (κ3) is 5.75. The summed E-state index contributed by atoms with van der Waals surface area (Å²) >= 11 is 1.34. The lowest BCUT2D eigenvalue weighted by Crippen LogP contribution is -2.31. The highest BCUT2D eigenvalue weighted by Gasteiger charge is 2.28. The Bertz CT molecular complexity index is 266. The second-order valence-electron chi connectivity index (χ2n) is 4.34. The van der Waals surface area contributed by atoms with Crippen molar-refractivity contribution in [3.05, 3.63) is 0 Å². The lowest BCUT2D eigenvalue weighted by molar-refractivity contribution is 0.113. The van der Waals surface area contributed by atoms with Gasteiger partial charge in [0.25, 0.3) is 0 Å². The molecule has 0 heterocycles. The van der Waals surface area contributed by atoms with Gasteiger partial charge in [0, 0.05) is 11.5 Å². The zero-order valence-corrected chi connectivity index (χ0v) is 11.1. The maximum absolute atomic E-state index is 11.6. The van der Waals surface area contributed by atoms with Gasteiger partial charge in [0.2, 0.25) is 0 Å². The molecule has 0 saturated carbocycles. The fraction of sp³-hybridized carbons (Fsp3) is 1.00. The largest absolute Gasteiger partial charge is 0.394 e. The number of aliphatic hydroxyl groups excluding tert-OH is 2. The first-order valence-electron chi connectivity index (χ1n) is 4.79. The Morgan fingerprint density at radius 2 is 1.87 bits per heavy atom. The summed E-state index contributed by atoms with van der Waals surface area (Å²) in [5.41, 5.74) is 0. The first-order chi connectivity index (χ1) is 6.70. The van der Waals surface area contributed by atoms with Crippen LogP contribution < -0.4 is 0 Å². The van der Waals surface area contributed by atoms with Gasteiger partial charge in [-0.25, -0.2) is 8.42 Å². The Labute approximate surface area is 96.0 Å². The molecule has 0 fully saturated rings. The summed E-state index contributed by atoms with van der Waals surface area (Å²) < 4.78 is 22.6. The van der Waals surface area contributed by atoms with Crippen molar-refractivity contribution in [1.82, 2.24) is 0 Å². The monoisotopic (exact) mass is 256 g/mol. The van der Waals surface area contributed by atoms with Crippen molar-refractivity contribution in [1.29, 1.82) is 0 Å². The van der Waals surface area contributed by atoms with E-state index in [1.807, 2.05) is 0 Å². The average molecular weight is 256 g/mol. The molecule has 0 aromatic heterocycles. The summed E-state index contributed by atoms with van der Waals surface area (Å²) in [6.45, 7) is 4.75. The van der Waals surface area contributed by atoms with Crippen molar-refractivity contribution in [2.75, 3.05) is 23.9 Å². The molecule has 0 rings (SSSR count). The predicted molar refractivity (Wildman–Crippen MR) is 64.0 cm³/mol.